The molecule has 4 atom stereocenters. The van der Waals surface area contributed by atoms with Crippen molar-refractivity contribution in [2.45, 2.75) is 25.6 Å². The molecule has 4 unspecified atom stereocenters. The average molecular weight is 178 g/mol. The SMILES string of the molecule is C/C=C/OCC1=CC2CC1C1OC21. The molecular formula is C11H14O2. The summed E-state index contributed by atoms with van der Waals surface area (Å²) in [6, 6.07) is 0. The van der Waals surface area contributed by atoms with E-state index in [1.807, 2.05) is 13.0 Å². The first-order valence-electron chi connectivity index (χ1n) is 4.99. The molecule has 0 amide bonds. The fraction of sp³-hybridized carbons (Fsp3) is 0.636. The standard InChI is InChI=1S/C11H14O2/c1-2-3-12-6-8-4-7-5-9(8)11-10(7)13-11/h2-4,7,9-11H,5-6H2,1H3/b3-2+. The molecule has 2 bridgehead atoms. The van der Waals surface area contributed by atoms with Crippen LogP contribution in [0.4, 0.5) is 0 Å². The zero-order chi connectivity index (χ0) is 8.84. The number of ether oxygens (including phenoxy) is 2. The van der Waals surface area contributed by atoms with Crippen molar-refractivity contribution in [3.05, 3.63) is 24.0 Å². The summed E-state index contributed by atoms with van der Waals surface area (Å²) in [4.78, 5) is 0. The monoisotopic (exact) mass is 178 g/mol. The van der Waals surface area contributed by atoms with Crippen LogP contribution in [-0.2, 0) is 9.47 Å². The topological polar surface area (TPSA) is 21.8 Å². The Balaban J connectivity index is 1.64. The van der Waals surface area contributed by atoms with Gasteiger partial charge in [0.25, 0.3) is 0 Å². The van der Waals surface area contributed by atoms with Gasteiger partial charge < -0.3 is 9.47 Å². The Hall–Kier alpha value is -0.760. The van der Waals surface area contributed by atoms with Gasteiger partial charge in [-0.15, -0.1) is 0 Å². The minimum Gasteiger partial charge on any atom is -0.497 e. The molecule has 1 saturated carbocycles. The second kappa shape index (κ2) is 2.61. The van der Waals surface area contributed by atoms with Crippen molar-refractivity contribution >= 4 is 0 Å². The summed E-state index contributed by atoms with van der Waals surface area (Å²) in [5, 5.41) is 0. The molecule has 0 spiro atoms. The fourth-order valence-corrected chi connectivity index (χ4v) is 2.69. The zero-order valence-corrected chi connectivity index (χ0v) is 7.77. The van der Waals surface area contributed by atoms with Gasteiger partial charge in [-0.3, -0.25) is 0 Å². The van der Waals surface area contributed by atoms with Gasteiger partial charge in [0.05, 0.1) is 18.5 Å². The lowest BCUT2D eigenvalue weighted by Gasteiger charge is -2.10. The van der Waals surface area contributed by atoms with Crippen LogP contribution >= 0.6 is 0 Å². The summed E-state index contributed by atoms with van der Waals surface area (Å²) in [6.45, 7) is 2.73. The Morgan fingerprint density at radius 3 is 3.23 bits per heavy atom. The first-order chi connectivity index (χ1) is 6.40. The molecule has 2 aliphatic carbocycles. The lowest BCUT2D eigenvalue weighted by atomic mass is 9.99. The molecule has 3 rings (SSSR count). The summed E-state index contributed by atoms with van der Waals surface area (Å²) in [7, 11) is 0. The molecule has 1 saturated heterocycles. The summed E-state index contributed by atoms with van der Waals surface area (Å²) >= 11 is 0. The van der Waals surface area contributed by atoms with E-state index in [0.717, 1.165) is 6.61 Å². The first kappa shape index (κ1) is 7.63. The number of epoxide rings is 1. The Morgan fingerprint density at radius 1 is 1.62 bits per heavy atom. The van der Waals surface area contributed by atoms with E-state index in [-0.39, 0.29) is 0 Å². The Morgan fingerprint density at radius 2 is 2.54 bits per heavy atom. The molecular weight excluding hydrogens is 164 g/mol. The predicted octanol–water partition coefficient (Wildman–Crippen LogP) is 1.88. The number of fused-ring (bicyclic) bond motifs is 5. The van der Waals surface area contributed by atoms with Crippen LogP contribution in [0, 0.1) is 11.8 Å². The number of rotatable bonds is 3. The van der Waals surface area contributed by atoms with E-state index < -0.39 is 0 Å². The fourth-order valence-electron chi connectivity index (χ4n) is 2.69. The van der Waals surface area contributed by atoms with E-state index in [1.165, 1.54) is 12.0 Å². The van der Waals surface area contributed by atoms with Crippen LogP contribution in [0.3, 0.4) is 0 Å². The van der Waals surface area contributed by atoms with Gasteiger partial charge in [-0.05, 0) is 18.9 Å². The van der Waals surface area contributed by atoms with Crippen LogP contribution < -0.4 is 0 Å². The van der Waals surface area contributed by atoms with Crippen molar-refractivity contribution in [3.8, 4) is 0 Å². The molecule has 0 N–H and O–H groups in total. The summed E-state index contributed by atoms with van der Waals surface area (Å²) < 4.78 is 10.9. The normalized spacial score (nSPS) is 45.2. The van der Waals surface area contributed by atoms with Crippen LogP contribution in [0.2, 0.25) is 0 Å². The Kier molecular flexibility index (Phi) is 1.53. The van der Waals surface area contributed by atoms with Crippen LogP contribution in [0.5, 0.6) is 0 Å². The van der Waals surface area contributed by atoms with Crippen LogP contribution in [0.25, 0.3) is 0 Å². The maximum atomic E-state index is 5.55. The van der Waals surface area contributed by atoms with Gasteiger partial charge in [-0.1, -0.05) is 12.2 Å². The minimum absolute atomic E-state index is 0.555. The molecule has 1 heterocycles. The van der Waals surface area contributed by atoms with E-state index in [4.69, 9.17) is 9.47 Å². The highest BCUT2D eigenvalue weighted by molar-refractivity contribution is 5.30. The van der Waals surface area contributed by atoms with Gasteiger partial charge in [-0.25, -0.2) is 0 Å². The molecule has 0 aromatic carbocycles. The van der Waals surface area contributed by atoms with E-state index in [9.17, 15) is 0 Å². The highest BCUT2D eigenvalue weighted by Gasteiger charge is 2.59. The van der Waals surface area contributed by atoms with E-state index in [0.29, 0.717) is 24.0 Å². The van der Waals surface area contributed by atoms with Gasteiger partial charge >= 0.3 is 0 Å². The maximum Gasteiger partial charge on any atom is 0.109 e. The Labute approximate surface area is 78.2 Å². The van der Waals surface area contributed by atoms with Crippen LogP contribution in [0.15, 0.2) is 24.0 Å². The van der Waals surface area contributed by atoms with Crippen molar-refractivity contribution < 1.29 is 9.47 Å². The van der Waals surface area contributed by atoms with Gasteiger partial charge in [-0.2, -0.15) is 0 Å². The summed E-state index contributed by atoms with van der Waals surface area (Å²) in [6.07, 6.45) is 8.49. The highest BCUT2D eigenvalue weighted by Crippen LogP contribution is 2.55. The van der Waals surface area contributed by atoms with Gasteiger partial charge in [0.2, 0.25) is 0 Å². The van der Waals surface area contributed by atoms with Gasteiger partial charge in [0, 0.05) is 11.8 Å². The van der Waals surface area contributed by atoms with E-state index in [2.05, 4.69) is 6.08 Å². The molecule has 70 valence electrons. The van der Waals surface area contributed by atoms with Crippen molar-refractivity contribution in [3.63, 3.8) is 0 Å². The zero-order valence-electron chi connectivity index (χ0n) is 7.77. The molecule has 2 fully saturated rings. The van der Waals surface area contributed by atoms with Crippen molar-refractivity contribution in [1.29, 1.82) is 0 Å². The van der Waals surface area contributed by atoms with Crippen LogP contribution in [-0.4, -0.2) is 18.8 Å². The van der Waals surface area contributed by atoms with E-state index >= 15 is 0 Å². The predicted molar refractivity (Wildman–Crippen MR) is 49.1 cm³/mol. The average Bonchev–Trinajstić information content (AvgIpc) is 2.76. The highest BCUT2D eigenvalue weighted by atomic mass is 16.6. The van der Waals surface area contributed by atoms with Crippen molar-refractivity contribution in [1.82, 2.24) is 0 Å². The molecule has 0 radical (unpaired) electrons. The lowest BCUT2D eigenvalue weighted by Crippen LogP contribution is -2.10. The molecule has 0 aromatic rings. The van der Waals surface area contributed by atoms with Gasteiger partial charge in [0.1, 0.15) is 6.61 Å². The molecule has 13 heavy (non-hydrogen) atoms. The number of hydrogen-bond donors (Lipinski definition) is 0. The Bertz CT molecular complexity index is 280. The first-order valence-corrected chi connectivity index (χ1v) is 4.99. The van der Waals surface area contributed by atoms with Crippen molar-refractivity contribution in [2.24, 2.45) is 11.8 Å². The van der Waals surface area contributed by atoms with Gasteiger partial charge in [0.15, 0.2) is 0 Å². The third-order valence-corrected chi connectivity index (χ3v) is 3.29. The minimum atomic E-state index is 0.555. The summed E-state index contributed by atoms with van der Waals surface area (Å²) in [5.41, 5.74) is 1.46. The molecule has 3 aliphatic rings. The summed E-state index contributed by atoms with van der Waals surface area (Å²) in [5.74, 6) is 1.39. The maximum absolute atomic E-state index is 5.55. The third kappa shape index (κ3) is 1.05. The lowest BCUT2D eigenvalue weighted by molar-refractivity contribution is 0.243. The molecule has 1 aliphatic heterocycles. The van der Waals surface area contributed by atoms with E-state index in [1.54, 1.807) is 6.26 Å². The largest absolute Gasteiger partial charge is 0.497 e. The number of hydrogen-bond acceptors (Lipinski definition) is 2. The van der Waals surface area contributed by atoms with Crippen LogP contribution in [0.1, 0.15) is 13.3 Å². The second-order valence-electron chi connectivity index (χ2n) is 4.09. The molecule has 0 aromatic heterocycles. The quantitative estimate of drug-likeness (QED) is 0.374. The number of allylic oxidation sites excluding steroid dienone is 1. The molecule has 2 heteroatoms. The third-order valence-electron chi connectivity index (χ3n) is 3.29. The smallest absolute Gasteiger partial charge is 0.109 e. The molecule has 2 nitrogen and oxygen atoms in total. The van der Waals surface area contributed by atoms with Crippen molar-refractivity contribution in [2.75, 3.05) is 6.61 Å². The second-order valence-corrected chi connectivity index (χ2v) is 4.09.